The molecule has 0 radical (unpaired) electrons. The first-order valence-electron chi connectivity index (χ1n) is 30.5. The number of aliphatic hydroxyl groups is 1. The summed E-state index contributed by atoms with van der Waals surface area (Å²) in [5.74, 6) is 0. The molecule has 1 unspecified atom stereocenters. The number of aliphatic hydroxyl groups excluding tert-OH is 1. The largest absolute Gasteiger partial charge is 0.384 e. The average molecular weight is 1010 g/mol. The van der Waals surface area contributed by atoms with Gasteiger partial charge >= 0.3 is 17.2 Å². The summed E-state index contributed by atoms with van der Waals surface area (Å²) in [5.41, 5.74) is 9.13. The average Bonchev–Trinajstić information content (AvgIpc) is 3.31. The second-order valence-corrected chi connectivity index (χ2v) is 23.2. The van der Waals surface area contributed by atoms with E-state index >= 15 is 0 Å². The summed E-state index contributed by atoms with van der Waals surface area (Å²) in [6.45, 7) is 13.9. The van der Waals surface area contributed by atoms with Crippen molar-refractivity contribution in [3.05, 3.63) is 33.4 Å². The van der Waals surface area contributed by atoms with Gasteiger partial charge in [0.1, 0.15) is 6.10 Å². The zero-order valence-corrected chi connectivity index (χ0v) is 48.8. The standard InChI is InChI=1S/C61H116O.H4O5P2/c1-7-11-15-19-23-27-31-35-39-43-47-51-56-57(52-48-44-40-36-32-28-24-20-16-12-8-2)59(54-50-46-42-38-34-30-26-22-18-14-10-4)61(62)60(55(5)6)58(56)53-49-45-41-37-33-29-25-21-17-13-9-3;1-6(2)5-7(3)4/h61-62H,7-54H2,1-6H3;1-4H. The normalized spacial score (nSPS) is 14.2. The van der Waals surface area contributed by atoms with E-state index in [1.165, 1.54) is 318 Å². The molecule has 0 saturated heterocycles. The number of hydrogen-bond acceptors (Lipinski definition) is 6. The molecule has 410 valence electrons. The summed E-state index contributed by atoms with van der Waals surface area (Å²) in [4.78, 5) is 31.3. The molecule has 5 N–H and O–H groups in total. The summed E-state index contributed by atoms with van der Waals surface area (Å²) < 4.78 is 3.60. The highest BCUT2D eigenvalue weighted by atomic mass is 31.2. The molecule has 1 rings (SSSR count). The third-order valence-electron chi connectivity index (χ3n) is 14.9. The fourth-order valence-electron chi connectivity index (χ4n) is 10.7. The molecule has 1 atom stereocenters. The van der Waals surface area contributed by atoms with E-state index in [4.69, 9.17) is 19.6 Å². The van der Waals surface area contributed by atoms with Crippen LogP contribution in [-0.2, 0) is 4.31 Å². The molecular weight excluding hydrogens is 891 g/mol. The molecule has 0 heterocycles. The van der Waals surface area contributed by atoms with Crippen molar-refractivity contribution >= 4 is 17.2 Å². The maximum atomic E-state index is 12.5. The molecule has 0 bridgehead atoms. The molecule has 0 aromatic rings. The Morgan fingerprint density at radius 1 is 0.319 bits per heavy atom. The molecule has 0 saturated carbocycles. The topological polar surface area (TPSA) is 110 Å². The molecule has 1 aliphatic carbocycles. The fraction of sp³-hybridized carbons (Fsp3) is 0.902. The maximum absolute atomic E-state index is 12.5. The first-order valence-corrected chi connectivity index (χ1v) is 32.8. The van der Waals surface area contributed by atoms with Gasteiger partial charge in [0, 0.05) is 0 Å². The summed E-state index contributed by atoms with van der Waals surface area (Å²) in [6.07, 6.45) is 65.8. The maximum Gasteiger partial charge on any atom is 0.334 e. The molecule has 0 fully saturated rings. The van der Waals surface area contributed by atoms with Crippen LogP contribution in [0.5, 0.6) is 0 Å². The van der Waals surface area contributed by atoms with Gasteiger partial charge in [-0.25, -0.2) is 4.31 Å². The van der Waals surface area contributed by atoms with Crippen molar-refractivity contribution < 1.29 is 29.0 Å². The lowest BCUT2D eigenvalue weighted by molar-refractivity contribution is 0.237. The lowest BCUT2D eigenvalue weighted by atomic mass is 9.73. The quantitative estimate of drug-likeness (QED) is 0.0307. The van der Waals surface area contributed by atoms with Crippen LogP contribution in [0.2, 0.25) is 0 Å². The zero-order valence-electron chi connectivity index (χ0n) is 47.1. The number of unbranched alkanes of at least 4 members (excludes halogenated alkanes) is 40. The van der Waals surface area contributed by atoms with Gasteiger partial charge < -0.3 is 24.7 Å². The Labute approximate surface area is 433 Å². The van der Waals surface area contributed by atoms with E-state index in [2.05, 4.69) is 45.9 Å². The van der Waals surface area contributed by atoms with Crippen LogP contribution in [0.25, 0.3) is 0 Å². The lowest BCUT2D eigenvalue weighted by Crippen LogP contribution is -2.25. The van der Waals surface area contributed by atoms with Crippen LogP contribution in [0.15, 0.2) is 33.4 Å². The van der Waals surface area contributed by atoms with E-state index in [0.717, 1.165) is 6.42 Å². The van der Waals surface area contributed by atoms with Crippen LogP contribution in [0.4, 0.5) is 0 Å². The van der Waals surface area contributed by atoms with Crippen molar-refractivity contribution in [1.29, 1.82) is 0 Å². The highest BCUT2D eigenvalue weighted by Gasteiger charge is 2.31. The lowest BCUT2D eigenvalue weighted by Gasteiger charge is -2.34. The first-order chi connectivity index (χ1) is 33.7. The van der Waals surface area contributed by atoms with Gasteiger partial charge in [-0.1, -0.05) is 290 Å². The van der Waals surface area contributed by atoms with Gasteiger partial charge in [-0.15, -0.1) is 0 Å². The molecule has 0 aromatic heterocycles. The molecule has 69 heavy (non-hydrogen) atoms. The Bertz CT molecular complexity index is 1190. The minimum atomic E-state index is -2.61. The minimum Gasteiger partial charge on any atom is -0.384 e. The fourth-order valence-corrected chi connectivity index (χ4v) is 11.3. The van der Waals surface area contributed by atoms with Crippen molar-refractivity contribution in [2.75, 3.05) is 0 Å². The number of allylic oxidation sites excluding steroid dienone is 3. The van der Waals surface area contributed by atoms with Gasteiger partial charge in [-0.05, 0) is 93.1 Å². The molecule has 0 aliphatic heterocycles. The predicted molar refractivity (Wildman–Crippen MR) is 307 cm³/mol. The summed E-state index contributed by atoms with van der Waals surface area (Å²) in [6, 6.07) is 0. The highest BCUT2D eigenvalue weighted by molar-refractivity contribution is 7.53. The third-order valence-corrected chi connectivity index (χ3v) is 16.0. The molecule has 0 aromatic carbocycles. The van der Waals surface area contributed by atoms with E-state index in [1.807, 2.05) is 0 Å². The minimum absolute atomic E-state index is 0.380. The Balaban J connectivity index is 0.00000609. The Hall–Kier alpha value is -0.160. The molecule has 6 nitrogen and oxygen atoms in total. The Morgan fingerprint density at radius 2 is 0.536 bits per heavy atom. The smallest absolute Gasteiger partial charge is 0.334 e. The first kappa shape index (κ1) is 68.8. The summed E-state index contributed by atoms with van der Waals surface area (Å²) in [5, 5.41) is 12.5. The number of rotatable bonds is 50. The Morgan fingerprint density at radius 3 is 0.768 bits per heavy atom. The monoisotopic (exact) mass is 1010 g/mol. The van der Waals surface area contributed by atoms with Crippen LogP contribution < -0.4 is 0 Å². The van der Waals surface area contributed by atoms with E-state index < -0.39 is 17.2 Å². The van der Waals surface area contributed by atoms with Crippen LogP contribution in [0.1, 0.15) is 350 Å². The van der Waals surface area contributed by atoms with Crippen molar-refractivity contribution in [2.24, 2.45) is 0 Å². The summed E-state index contributed by atoms with van der Waals surface area (Å²) in [7, 11) is -5.22. The van der Waals surface area contributed by atoms with Crippen molar-refractivity contribution in [2.45, 2.75) is 356 Å². The second-order valence-electron chi connectivity index (χ2n) is 21.5. The Kier molecular flexibility index (Phi) is 52.6. The zero-order chi connectivity index (χ0) is 50.8. The van der Waals surface area contributed by atoms with Gasteiger partial charge in [0.25, 0.3) is 0 Å². The molecular formula is C61H120O6P2. The van der Waals surface area contributed by atoms with Crippen LogP contribution in [0, 0.1) is 0 Å². The van der Waals surface area contributed by atoms with Crippen molar-refractivity contribution in [3.8, 4) is 0 Å². The van der Waals surface area contributed by atoms with Gasteiger partial charge in [0.15, 0.2) is 0 Å². The van der Waals surface area contributed by atoms with Crippen molar-refractivity contribution in [1.82, 2.24) is 0 Å². The second kappa shape index (κ2) is 52.7. The van der Waals surface area contributed by atoms with Crippen molar-refractivity contribution in [3.63, 3.8) is 0 Å². The van der Waals surface area contributed by atoms with Crippen LogP contribution in [-0.4, -0.2) is 30.8 Å². The molecule has 0 amide bonds. The molecule has 8 heteroatoms. The van der Waals surface area contributed by atoms with Gasteiger partial charge in [-0.2, -0.15) is 0 Å². The van der Waals surface area contributed by atoms with Crippen LogP contribution in [0.3, 0.4) is 0 Å². The third kappa shape index (κ3) is 41.8. The molecule has 1 aliphatic rings. The summed E-state index contributed by atoms with van der Waals surface area (Å²) >= 11 is 0. The van der Waals surface area contributed by atoms with E-state index in [1.54, 1.807) is 16.7 Å². The molecule has 0 spiro atoms. The number of hydrogen-bond donors (Lipinski definition) is 5. The SMILES string of the molecule is CCCCCCCCCCCCCC1=C(CCCCCCCCCCCCC)C(=C(C)C)C(O)C(CCCCCCCCCCCCC)=C1CCCCCCCCCCCCC.OP(O)OP(O)O. The van der Waals surface area contributed by atoms with Gasteiger partial charge in [-0.3, -0.25) is 0 Å². The van der Waals surface area contributed by atoms with E-state index in [0.29, 0.717) is 0 Å². The predicted octanol–water partition coefficient (Wildman–Crippen LogP) is 21.5. The van der Waals surface area contributed by atoms with E-state index in [9.17, 15) is 5.11 Å². The van der Waals surface area contributed by atoms with E-state index in [-0.39, 0.29) is 6.10 Å². The highest BCUT2D eigenvalue weighted by Crippen LogP contribution is 2.45. The van der Waals surface area contributed by atoms with Crippen LogP contribution >= 0.6 is 17.2 Å². The van der Waals surface area contributed by atoms with Gasteiger partial charge in [0.05, 0.1) is 0 Å². The van der Waals surface area contributed by atoms with Gasteiger partial charge in [0.2, 0.25) is 0 Å².